The topological polar surface area (TPSA) is 134 Å². The Kier molecular flexibility index (Phi) is 3.81. The average molecular weight is 248 g/mol. The second kappa shape index (κ2) is 4.74. The van der Waals surface area contributed by atoms with E-state index in [4.69, 9.17) is 15.4 Å². The number of aliphatic hydroxyl groups is 2. The summed E-state index contributed by atoms with van der Waals surface area (Å²) >= 11 is 0. The fraction of sp³-hybridized carbons (Fsp3) is 0.375. The van der Waals surface area contributed by atoms with Gasteiger partial charge in [0.25, 0.3) is 0 Å². The van der Waals surface area contributed by atoms with Crippen LogP contribution in [-0.2, 0) is 29.0 Å². The number of hydrogen-bond donors (Lipinski definition) is 4. The van der Waals surface area contributed by atoms with Gasteiger partial charge in [-0.05, 0) is 0 Å². The summed E-state index contributed by atoms with van der Waals surface area (Å²) in [6.07, 6.45) is 1.19. The van der Waals surface area contributed by atoms with Crippen molar-refractivity contribution in [1.82, 2.24) is 4.98 Å². The van der Waals surface area contributed by atoms with Crippen molar-refractivity contribution >= 4 is 10.0 Å². The van der Waals surface area contributed by atoms with E-state index in [1.54, 1.807) is 0 Å². The van der Waals surface area contributed by atoms with Crippen molar-refractivity contribution in [3.8, 4) is 5.75 Å². The van der Waals surface area contributed by atoms with Crippen molar-refractivity contribution in [2.45, 2.75) is 19.0 Å². The molecule has 1 heterocycles. The molecule has 0 unspecified atom stereocenters. The van der Waals surface area contributed by atoms with Crippen LogP contribution in [0.1, 0.15) is 16.8 Å². The Balaban J connectivity index is 3.24. The number of nitrogens with two attached hydrogens (primary N) is 1. The van der Waals surface area contributed by atoms with Gasteiger partial charge in [0.15, 0.2) is 0 Å². The number of nitrogens with zero attached hydrogens (tertiary/aromatic N) is 1. The van der Waals surface area contributed by atoms with Gasteiger partial charge in [0, 0.05) is 17.3 Å². The smallest absolute Gasteiger partial charge is 0.214 e. The standard InChI is InChI=1S/C8H12N2O5S/c9-16(14,15)4-7-8(13)6(3-12)5(2-11)1-10-7/h1,11-13H,2-4H2,(H2,9,14,15). The van der Waals surface area contributed by atoms with E-state index in [0.29, 0.717) is 0 Å². The molecule has 1 rings (SSSR count). The van der Waals surface area contributed by atoms with E-state index in [0.717, 1.165) is 0 Å². The van der Waals surface area contributed by atoms with Crippen LogP contribution in [0.2, 0.25) is 0 Å². The van der Waals surface area contributed by atoms with Gasteiger partial charge in [0.1, 0.15) is 11.5 Å². The maximum atomic E-state index is 10.8. The molecule has 0 fully saturated rings. The first kappa shape index (κ1) is 12.8. The highest BCUT2D eigenvalue weighted by Crippen LogP contribution is 2.25. The zero-order chi connectivity index (χ0) is 12.3. The fourth-order valence-electron chi connectivity index (χ4n) is 1.23. The molecule has 0 radical (unpaired) electrons. The van der Waals surface area contributed by atoms with Crippen molar-refractivity contribution in [1.29, 1.82) is 0 Å². The van der Waals surface area contributed by atoms with Crippen LogP contribution in [0.5, 0.6) is 5.75 Å². The molecule has 0 aliphatic rings. The van der Waals surface area contributed by atoms with Gasteiger partial charge in [0.2, 0.25) is 10.0 Å². The van der Waals surface area contributed by atoms with E-state index in [9.17, 15) is 13.5 Å². The Hall–Kier alpha value is -1.22. The number of pyridine rings is 1. The van der Waals surface area contributed by atoms with Crippen LogP contribution < -0.4 is 5.14 Å². The van der Waals surface area contributed by atoms with Crippen molar-refractivity contribution < 1.29 is 23.7 Å². The van der Waals surface area contributed by atoms with Crippen LogP contribution in [-0.4, -0.2) is 28.7 Å². The minimum Gasteiger partial charge on any atom is -0.506 e. The zero-order valence-electron chi connectivity index (χ0n) is 8.29. The van der Waals surface area contributed by atoms with E-state index in [1.807, 2.05) is 0 Å². The van der Waals surface area contributed by atoms with E-state index in [1.165, 1.54) is 6.20 Å². The molecule has 0 atom stereocenters. The van der Waals surface area contributed by atoms with E-state index >= 15 is 0 Å². The van der Waals surface area contributed by atoms with E-state index < -0.39 is 34.7 Å². The van der Waals surface area contributed by atoms with Gasteiger partial charge in [0.05, 0.1) is 18.9 Å². The molecule has 5 N–H and O–H groups in total. The lowest BCUT2D eigenvalue weighted by atomic mass is 10.1. The van der Waals surface area contributed by atoms with E-state index in [2.05, 4.69) is 4.98 Å². The molecule has 0 saturated carbocycles. The second-order valence-corrected chi connectivity index (χ2v) is 4.80. The predicted molar refractivity (Wildman–Crippen MR) is 54.6 cm³/mol. The Bertz CT molecular complexity index is 485. The SMILES string of the molecule is NS(=O)(=O)Cc1ncc(CO)c(CO)c1O. The molecule has 90 valence electrons. The van der Waals surface area contributed by atoms with Crippen LogP contribution in [0.15, 0.2) is 6.20 Å². The molecule has 0 aliphatic carbocycles. The summed E-state index contributed by atoms with van der Waals surface area (Å²) in [5, 5.41) is 32.3. The molecule has 0 amide bonds. The number of sulfonamides is 1. The Labute approximate surface area is 92.2 Å². The molecule has 7 nitrogen and oxygen atoms in total. The van der Waals surface area contributed by atoms with Crippen molar-refractivity contribution in [2.75, 3.05) is 0 Å². The lowest BCUT2D eigenvalue weighted by Crippen LogP contribution is -2.16. The predicted octanol–water partition coefficient (Wildman–Crippen LogP) is -1.44. The molecule has 0 aliphatic heterocycles. The third-order valence-electron chi connectivity index (χ3n) is 1.99. The molecule has 0 bridgehead atoms. The summed E-state index contributed by atoms with van der Waals surface area (Å²) in [6, 6.07) is 0. The van der Waals surface area contributed by atoms with Gasteiger partial charge in [-0.25, -0.2) is 13.6 Å². The Morgan fingerprint density at radius 3 is 2.38 bits per heavy atom. The van der Waals surface area contributed by atoms with E-state index in [-0.39, 0.29) is 16.8 Å². The van der Waals surface area contributed by atoms with Gasteiger partial charge in [-0.15, -0.1) is 0 Å². The fourth-order valence-corrected chi connectivity index (χ4v) is 1.82. The number of rotatable bonds is 4. The van der Waals surface area contributed by atoms with Crippen LogP contribution in [0, 0.1) is 0 Å². The maximum Gasteiger partial charge on any atom is 0.214 e. The highest BCUT2D eigenvalue weighted by molar-refractivity contribution is 7.88. The van der Waals surface area contributed by atoms with Crippen LogP contribution in [0.3, 0.4) is 0 Å². The highest BCUT2D eigenvalue weighted by Gasteiger charge is 2.16. The van der Waals surface area contributed by atoms with Crippen molar-refractivity contribution in [3.63, 3.8) is 0 Å². The van der Waals surface area contributed by atoms with Gasteiger partial charge in [-0.2, -0.15) is 0 Å². The molecule has 1 aromatic heterocycles. The summed E-state index contributed by atoms with van der Waals surface area (Å²) in [5.74, 6) is -1.08. The summed E-state index contributed by atoms with van der Waals surface area (Å²) in [5.41, 5.74) is 0.137. The minimum atomic E-state index is -3.81. The van der Waals surface area contributed by atoms with Gasteiger partial charge >= 0.3 is 0 Å². The van der Waals surface area contributed by atoms with Crippen molar-refractivity contribution in [3.05, 3.63) is 23.0 Å². The largest absolute Gasteiger partial charge is 0.506 e. The summed E-state index contributed by atoms with van der Waals surface area (Å²) in [6.45, 7) is -0.937. The molecule has 16 heavy (non-hydrogen) atoms. The van der Waals surface area contributed by atoms with Crippen molar-refractivity contribution in [2.24, 2.45) is 5.14 Å². The summed E-state index contributed by atoms with van der Waals surface area (Å²) < 4.78 is 21.6. The number of aliphatic hydroxyl groups excluding tert-OH is 2. The molecule has 0 saturated heterocycles. The summed E-state index contributed by atoms with van der Waals surface area (Å²) in [7, 11) is -3.81. The highest BCUT2D eigenvalue weighted by atomic mass is 32.2. The normalized spacial score (nSPS) is 11.7. The number of hydrogen-bond acceptors (Lipinski definition) is 6. The molecular weight excluding hydrogens is 236 g/mol. The lowest BCUT2D eigenvalue weighted by molar-refractivity contribution is 0.254. The molecule has 8 heteroatoms. The summed E-state index contributed by atoms with van der Waals surface area (Å²) in [4.78, 5) is 3.66. The molecular formula is C8H12N2O5S. The molecule has 0 spiro atoms. The zero-order valence-corrected chi connectivity index (χ0v) is 9.11. The minimum absolute atomic E-state index is 0.0520. The Morgan fingerprint density at radius 1 is 1.31 bits per heavy atom. The third kappa shape index (κ3) is 2.89. The molecule has 0 aromatic carbocycles. The quantitative estimate of drug-likeness (QED) is 0.515. The average Bonchev–Trinajstić information content (AvgIpc) is 2.19. The van der Waals surface area contributed by atoms with Crippen LogP contribution >= 0.6 is 0 Å². The number of aromatic hydroxyl groups is 1. The second-order valence-electron chi connectivity index (χ2n) is 3.18. The van der Waals surface area contributed by atoms with Gasteiger partial charge in [-0.1, -0.05) is 0 Å². The first-order chi connectivity index (χ1) is 7.39. The molecule has 1 aromatic rings. The first-order valence-electron chi connectivity index (χ1n) is 4.29. The first-order valence-corrected chi connectivity index (χ1v) is 6.01. The third-order valence-corrected chi connectivity index (χ3v) is 2.67. The number of aromatic nitrogens is 1. The maximum absolute atomic E-state index is 10.8. The van der Waals surface area contributed by atoms with Crippen LogP contribution in [0.25, 0.3) is 0 Å². The Morgan fingerprint density at radius 2 is 1.94 bits per heavy atom. The van der Waals surface area contributed by atoms with Gasteiger partial charge in [-0.3, -0.25) is 4.98 Å². The number of primary sulfonamides is 1. The monoisotopic (exact) mass is 248 g/mol. The lowest BCUT2D eigenvalue weighted by Gasteiger charge is -2.10. The van der Waals surface area contributed by atoms with Gasteiger partial charge < -0.3 is 15.3 Å². The van der Waals surface area contributed by atoms with Crippen LogP contribution in [0.4, 0.5) is 0 Å².